The fraction of sp³-hybridized carbons (Fsp3) is 0.455. The molecule has 0 radical (unpaired) electrons. The molecule has 4 N–H and O–H groups in total. The molecule has 0 aromatic carbocycles. The number of hydrogen-bond acceptors (Lipinski definition) is 10. The minimum atomic E-state index is -5.23. The van der Waals surface area contributed by atoms with E-state index >= 15 is 0 Å². The van der Waals surface area contributed by atoms with Crippen LogP contribution >= 0.6 is 23.8 Å². The SMILES string of the molecule is Nc1ncnc2c1cc(Br)n2[C@@H]1O[C@H](COP(=O)([O-])[O-])[C@@H](O)[C@H]1O. The van der Waals surface area contributed by atoms with E-state index < -0.39 is 39.0 Å². The molecule has 0 spiro atoms. The van der Waals surface area contributed by atoms with E-state index in [-0.39, 0.29) is 5.82 Å². The van der Waals surface area contributed by atoms with E-state index in [1.165, 1.54) is 10.9 Å². The fourth-order valence-corrected chi connectivity index (χ4v) is 3.43. The number of nitrogens with two attached hydrogens (primary N) is 1. The van der Waals surface area contributed by atoms with Crippen molar-refractivity contribution in [3.05, 3.63) is 17.0 Å². The van der Waals surface area contributed by atoms with Crippen LogP contribution in [0, 0.1) is 0 Å². The number of aliphatic hydroxyl groups is 2. The number of fused-ring (bicyclic) bond motifs is 1. The third-order valence-electron chi connectivity index (χ3n) is 3.60. The summed E-state index contributed by atoms with van der Waals surface area (Å²) in [7, 11) is -5.23. The van der Waals surface area contributed by atoms with Crippen molar-refractivity contribution in [1.29, 1.82) is 0 Å². The van der Waals surface area contributed by atoms with E-state index in [0.717, 1.165) is 0 Å². The molecule has 3 heterocycles. The van der Waals surface area contributed by atoms with E-state index in [2.05, 4.69) is 30.4 Å². The molecule has 1 saturated heterocycles. The number of halogens is 1. The molecule has 3 rings (SSSR count). The van der Waals surface area contributed by atoms with Gasteiger partial charge in [-0.1, -0.05) is 0 Å². The molecular weight excluding hydrogens is 411 g/mol. The van der Waals surface area contributed by atoms with Crippen molar-refractivity contribution in [2.24, 2.45) is 0 Å². The standard InChI is InChI=1S/C11H14BrN4O7P/c12-6-1-4-9(13)14-3-15-10(4)16(6)11-8(18)7(17)5(23-11)2-22-24(19,20)21/h1,3,5,7-8,11,17-18H,2H2,(H2,13,14,15)(H2,19,20,21)/p-2/t5-,7-,8-,11-/m1/s1. The van der Waals surface area contributed by atoms with Gasteiger partial charge in [0, 0.05) is 0 Å². The average Bonchev–Trinajstić information content (AvgIpc) is 2.96. The van der Waals surface area contributed by atoms with E-state index in [1.807, 2.05) is 0 Å². The van der Waals surface area contributed by atoms with Crippen LogP contribution in [0.2, 0.25) is 0 Å². The summed E-state index contributed by atoms with van der Waals surface area (Å²) in [6, 6.07) is 1.61. The van der Waals surface area contributed by atoms with Crippen molar-refractivity contribution in [1.82, 2.24) is 14.5 Å². The van der Waals surface area contributed by atoms with Gasteiger partial charge in [-0.3, -0.25) is 4.57 Å². The maximum atomic E-state index is 10.6. The number of anilines is 1. The van der Waals surface area contributed by atoms with Crippen LogP contribution in [0.15, 0.2) is 17.0 Å². The summed E-state index contributed by atoms with van der Waals surface area (Å²) in [6.45, 7) is -0.715. The number of phosphoric ester groups is 1. The Morgan fingerprint density at radius 3 is 2.79 bits per heavy atom. The summed E-state index contributed by atoms with van der Waals surface area (Å²) < 4.78 is 22.0. The number of nitrogen functional groups attached to an aromatic ring is 1. The first kappa shape index (κ1) is 17.7. The van der Waals surface area contributed by atoms with Gasteiger partial charge in [0.25, 0.3) is 0 Å². The van der Waals surface area contributed by atoms with Gasteiger partial charge in [0.1, 0.15) is 36.1 Å². The second kappa shape index (κ2) is 6.32. The highest BCUT2D eigenvalue weighted by molar-refractivity contribution is 9.10. The highest BCUT2D eigenvalue weighted by Crippen LogP contribution is 2.37. The zero-order chi connectivity index (χ0) is 17.6. The number of ether oxygens (including phenoxy) is 1. The molecule has 132 valence electrons. The normalized spacial score (nSPS) is 27.9. The van der Waals surface area contributed by atoms with Crippen molar-refractivity contribution in [3.63, 3.8) is 0 Å². The first-order valence-corrected chi connectivity index (χ1v) is 8.89. The predicted octanol–water partition coefficient (Wildman–Crippen LogP) is -1.76. The summed E-state index contributed by atoms with van der Waals surface area (Å²) in [5, 5.41) is 20.7. The minimum Gasteiger partial charge on any atom is -0.790 e. The van der Waals surface area contributed by atoms with Crippen LogP contribution in [-0.2, 0) is 13.8 Å². The van der Waals surface area contributed by atoms with Crippen molar-refractivity contribution >= 4 is 40.6 Å². The van der Waals surface area contributed by atoms with E-state index in [4.69, 9.17) is 10.5 Å². The van der Waals surface area contributed by atoms with Crippen LogP contribution in [0.4, 0.5) is 5.82 Å². The van der Waals surface area contributed by atoms with Gasteiger partial charge in [-0.2, -0.15) is 0 Å². The Balaban J connectivity index is 1.92. The van der Waals surface area contributed by atoms with Gasteiger partial charge in [-0.25, -0.2) is 9.97 Å². The Hall–Kier alpha value is -1.11. The molecule has 4 atom stereocenters. The number of nitrogens with zero attached hydrogens (tertiary/aromatic N) is 3. The zero-order valence-electron chi connectivity index (χ0n) is 11.9. The molecule has 1 aliphatic heterocycles. The van der Waals surface area contributed by atoms with Crippen LogP contribution in [0.1, 0.15) is 6.23 Å². The number of hydrogen-bond donors (Lipinski definition) is 3. The lowest BCUT2D eigenvalue weighted by atomic mass is 10.1. The lowest BCUT2D eigenvalue weighted by Crippen LogP contribution is -2.34. The van der Waals surface area contributed by atoms with Crippen molar-refractivity contribution in [2.75, 3.05) is 12.3 Å². The van der Waals surface area contributed by atoms with Crippen molar-refractivity contribution in [3.8, 4) is 0 Å². The second-order valence-electron chi connectivity index (χ2n) is 5.12. The number of aromatic nitrogens is 3. The van der Waals surface area contributed by atoms with Gasteiger partial charge in [0.2, 0.25) is 0 Å². The number of rotatable bonds is 4. The van der Waals surface area contributed by atoms with Crippen LogP contribution in [0.5, 0.6) is 0 Å². The zero-order valence-corrected chi connectivity index (χ0v) is 14.3. The molecular formula is C11H12BrN4O7P-2. The Morgan fingerprint density at radius 1 is 1.42 bits per heavy atom. The molecule has 0 unspecified atom stereocenters. The summed E-state index contributed by atoms with van der Waals surface area (Å²) in [4.78, 5) is 29.0. The van der Waals surface area contributed by atoms with Crippen LogP contribution in [0.3, 0.4) is 0 Å². The lowest BCUT2D eigenvalue weighted by Gasteiger charge is -2.30. The minimum absolute atomic E-state index is 0.214. The van der Waals surface area contributed by atoms with Gasteiger partial charge < -0.3 is 39.6 Å². The second-order valence-corrected chi connectivity index (χ2v) is 7.09. The number of phosphoric acid groups is 1. The number of aliphatic hydroxyl groups excluding tert-OH is 2. The van der Waals surface area contributed by atoms with E-state index in [1.54, 1.807) is 6.07 Å². The quantitative estimate of drug-likeness (QED) is 0.477. The summed E-state index contributed by atoms with van der Waals surface area (Å²) in [5.41, 5.74) is 6.10. The van der Waals surface area contributed by atoms with Gasteiger partial charge in [0.05, 0.1) is 24.4 Å². The Labute approximate surface area is 143 Å². The lowest BCUT2D eigenvalue weighted by molar-refractivity contribution is -0.343. The third-order valence-corrected chi connectivity index (χ3v) is 4.68. The Bertz CT molecular complexity index is 811. The van der Waals surface area contributed by atoms with Crippen LogP contribution in [-0.4, -0.2) is 49.7 Å². The molecule has 11 nitrogen and oxygen atoms in total. The van der Waals surface area contributed by atoms with Crippen molar-refractivity contribution < 1.29 is 33.8 Å². The molecule has 0 bridgehead atoms. The first-order chi connectivity index (χ1) is 11.2. The molecule has 24 heavy (non-hydrogen) atoms. The molecule has 0 saturated carbocycles. The Kier molecular flexibility index (Phi) is 4.66. The van der Waals surface area contributed by atoms with Gasteiger partial charge in [-0.15, -0.1) is 0 Å². The Morgan fingerprint density at radius 2 is 2.12 bits per heavy atom. The van der Waals surface area contributed by atoms with E-state index in [9.17, 15) is 24.6 Å². The summed E-state index contributed by atoms with van der Waals surface area (Å²) in [6.07, 6.45) is -3.98. The van der Waals surface area contributed by atoms with E-state index in [0.29, 0.717) is 15.6 Å². The molecule has 2 aromatic rings. The topological polar surface area (TPSA) is 179 Å². The largest absolute Gasteiger partial charge is 0.790 e. The van der Waals surface area contributed by atoms with Crippen LogP contribution in [0.25, 0.3) is 11.0 Å². The highest BCUT2D eigenvalue weighted by atomic mass is 79.9. The molecule has 0 aliphatic carbocycles. The third kappa shape index (κ3) is 3.19. The van der Waals surface area contributed by atoms with Crippen molar-refractivity contribution in [2.45, 2.75) is 24.5 Å². The molecule has 0 amide bonds. The highest BCUT2D eigenvalue weighted by Gasteiger charge is 2.45. The van der Waals surface area contributed by atoms with Gasteiger partial charge >= 0.3 is 0 Å². The molecule has 13 heteroatoms. The average molecular weight is 423 g/mol. The predicted molar refractivity (Wildman–Crippen MR) is 79.1 cm³/mol. The smallest absolute Gasteiger partial charge is 0.165 e. The first-order valence-electron chi connectivity index (χ1n) is 6.64. The molecule has 1 aliphatic rings. The molecule has 2 aromatic heterocycles. The fourth-order valence-electron chi connectivity index (χ4n) is 2.51. The summed E-state index contributed by atoms with van der Waals surface area (Å²) in [5.74, 6) is 0.214. The summed E-state index contributed by atoms with van der Waals surface area (Å²) >= 11 is 3.28. The molecule has 1 fully saturated rings. The maximum Gasteiger partial charge on any atom is 0.165 e. The van der Waals surface area contributed by atoms with Gasteiger partial charge in [0.15, 0.2) is 6.23 Å². The maximum absolute atomic E-state index is 10.6. The monoisotopic (exact) mass is 422 g/mol. The van der Waals surface area contributed by atoms with Crippen LogP contribution < -0.4 is 15.5 Å². The van der Waals surface area contributed by atoms with Gasteiger partial charge in [-0.05, 0) is 22.0 Å².